The van der Waals surface area contributed by atoms with E-state index in [9.17, 15) is 5.11 Å². The Kier molecular flexibility index (Phi) is 2.29. The molecule has 1 aliphatic rings. The van der Waals surface area contributed by atoms with E-state index in [4.69, 9.17) is 9.84 Å². The van der Waals surface area contributed by atoms with Gasteiger partial charge in [-0.05, 0) is 6.08 Å². The van der Waals surface area contributed by atoms with Gasteiger partial charge < -0.3 is 14.9 Å². The maximum Gasteiger partial charge on any atom is 0.126 e. The molecule has 0 bridgehead atoms. The zero-order chi connectivity index (χ0) is 7.56. The number of ether oxygens (including phenoxy) is 1. The molecule has 1 heterocycles. The maximum absolute atomic E-state index is 9.20. The van der Waals surface area contributed by atoms with Crippen LogP contribution in [0.15, 0.2) is 12.3 Å². The third-order valence-electron chi connectivity index (χ3n) is 1.83. The lowest BCUT2D eigenvalue weighted by atomic mass is 9.97. The second kappa shape index (κ2) is 3.03. The van der Waals surface area contributed by atoms with Gasteiger partial charge in [0.05, 0.1) is 19.0 Å². The fourth-order valence-electron chi connectivity index (χ4n) is 0.955. The minimum absolute atomic E-state index is 0.0185. The van der Waals surface area contributed by atoms with Crippen LogP contribution in [0.1, 0.15) is 6.92 Å². The third kappa shape index (κ3) is 1.30. The van der Waals surface area contributed by atoms with Crippen molar-refractivity contribution in [2.75, 3.05) is 6.61 Å². The molecular weight excluding hydrogens is 132 g/mol. The second-order valence-corrected chi connectivity index (χ2v) is 2.54. The number of aliphatic hydroxyl groups excluding tert-OH is 2. The van der Waals surface area contributed by atoms with E-state index in [-0.39, 0.29) is 18.6 Å². The highest BCUT2D eigenvalue weighted by Crippen LogP contribution is 2.17. The zero-order valence-electron chi connectivity index (χ0n) is 5.90. The number of rotatable bonds is 1. The summed E-state index contributed by atoms with van der Waals surface area (Å²) in [7, 11) is 0. The van der Waals surface area contributed by atoms with Gasteiger partial charge in [0, 0.05) is 5.92 Å². The first-order chi connectivity index (χ1) is 4.75. The van der Waals surface area contributed by atoms with Crippen LogP contribution in [0.2, 0.25) is 0 Å². The van der Waals surface area contributed by atoms with E-state index < -0.39 is 6.10 Å². The normalized spacial score (nSPS) is 39.3. The summed E-state index contributed by atoms with van der Waals surface area (Å²) in [6.07, 6.45) is 2.29. The lowest BCUT2D eigenvalue weighted by Gasteiger charge is -2.27. The average molecular weight is 144 g/mol. The van der Waals surface area contributed by atoms with Gasteiger partial charge in [-0.2, -0.15) is 0 Å². The molecule has 0 aromatic heterocycles. The van der Waals surface area contributed by atoms with Crippen LogP contribution in [0.4, 0.5) is 0 Å². The number of hydrogen-bond donors (Lipinski definition) is 2. The molecule has 3 nitrogen and oxygen atoms in total. The quantitative estimate of drug-likeness (QED) is 0.539. The summed E-state index contributed by atoms with van der Waals surface area (Å²) in [6, 6.07) is 0. The maximum atomic E-state index is 9.20. The minimum Gasteiger partial charge on any atom is -0.495 e. The first kappa shape index (κ1) is 7.57. The first-order valence-corrected chi connectivity index (χ1v) is 3.36. The largest absolute Gasteiger partial charge is 0.495 e. The van der Waals surface area contributed by atoms with E-state index in [1.165, 1.54) is 6.26 Å². The molecule has 0 amide bonds. The van der Waals surface area contributed by atoms with Crippen molar-refractivity contribution in [2.24, 2.45) is 5.92 Å². The molecule has 3 heteroatoms. The van der Waals surface area contributed by atoms with Crippen molar-refractivity contribution in [3.8, 4) is 0 Å². The van der Waals surface area contributed by atoms with Gasteiger partial charge in [0.2, 0.25) is 0 Å². The van der Waals surface area contributed by atoms with Crippen LogP contribution in [-0.2, 0) is 4.74 Å². The molecule has 2 N–H and O–H groups in total. The smallest absolute Gasteiger partial charge is 0.126 e. The molecule has 0 spiro atoms. The fourth-order valence-corrected chi connectivity index (χ4v) is 0.955. The van der Waals surface area contributed by atoms with Crippen LogP contribution in [-0.4, -0.2) is 29.0 Å². The van der Waals surface area contributed by atoms with E-state index in [2.05, 4.69) is 0 Å². The van der Waals surface area contributed by atoms with E-state index in [0.29, 0.717) is 0 Å². The Bertz CT molecular complexity index is 133. The molecule has 3 unspecified atom stereocenters. The molecule has 58 valence electrons. The van der Waals surface area contributed by atoms with E-state index in [0.717, 1.165) is 0 Å². The monoisotopic (exact) mass is 144 g/mol. The summed E-state index contributed by atoms with van der Waals surface area (Å²) in [5.74, 6) is -0.0185. The molecule has 10 heavy (non-hydrogen) atoms. The third-order valence-corrected chi connectivity index (χ3v) is 1.83. The van der Waals surface area contributed by atoms with Crippen LogP contribution in [0.5, 0.6) is 0 Å². The highest BCUT2D eigenvalue weighted by Gasteiger charge is 2.25. The zero-order valence-corrected chi connectivity index (χ0v) is 5.90. The van der Waals surface area contributed by atoms with Crippen LogP contribution in [0.3, 0.4) is 0 Å². The Morgan fingerprint density at radius 3 is 2.80 bits per heavy atom. The van der Waals surface area contributed by atoms with Gasteiger partial charge in [0.25, 0.3) is 0 Å². The summed E-state index contributed by atoms with van der Waals surface area (Å²) in [6.45, 7) is 1.80. The highest BCUT2D eigenvalue weighted by atomic mass is 16.5. The standard InChI is InChI=1S/C7H12O3/c1-5-6(9)2-3-10-7(5)4-8/h2-3,5-9H,4H2,1H3. The van der Waals surface area contributed by atoms with E-state index in [1.54, 1.807) is 6.08 Å². The molecule has 1 aliphatic heterocycles. The molecule has 0 aromatic carbocycles. The molecule has 0 fully saturated rings. The van der Waals surface area contributed by atoms with Crippen molar-refractivity contribution in [1.82, 2.24) is 0 Å². The van der Waals surface area contributed by atoms with Gasteiger partial charge in [-0.3, -0.25) is 0 Å². The Labute approximate surface area is 59.9 Å². The van der Waals surface area contributed by atoms with Gasteiger partial charge in [-0.25, -0.2) is 0 Å². The van der Waals surface area contributed by atoms with Crippen LogP contribution in [0, 0.1) is 5.92 Å². The molecule has 0 saturated heterocycles. The minimum atomic E-state index is -0.481. The van der Waals surface area contributed by atoms with E-state index in [1.807, 2.05) is 6.92 Å². The molecular formula is C7H12O3. The molecule has 0 saturated carbocycles. The Balaban J connectivity index is 2.56. The molecule has 3 atom stereocenters. The second-order valence-electron chi connectivity index (χ2n) is 2.54. The lowest BCUT2D eigenvalue weighted by Crippen LogP contribution is -2.35. The highest BCUT2D eigenvalue weighted by molar-refractivity contribution is 4.94. The molecule has 0 aromatic rings. The number of hydrogen-bond acceptors (Lipinski definition) is 3. The van der Waals surface area contributed by atoms with Crippen molar-refractivity contribution >= 4 is 0 Å². The summed E-state index contributed by atoms with van der Waals surface area (Å²) in [5.41, 5.74) is 0. The predicted octanol–water partition coefficient (Wildman–Crippen LogP) is -0.112. The fraction of sp³-hybridized carbons (Fsp3) is 0.714. The molecule has 0 radical (unpaired) electrons. The van der Waals surface area contributed by atoms with Gasteiger partial charge in [-0.1, -0.05) is 6.92 Å². The van der Waals surface area contributed by atoms with Gasteiger partial charge in [0.1, 0.15) is 6.10 Å². The Morgan fingerprint density at radius 2 is 2.30 bits per heavy atom. The summed E-state index contributed by atoms with van der Waals surface area (Å²) >= 11 is 0. The van der Waals surface area contributed by atoms with Crippen molar-refractivity contribution < 1.29 is 14.9 Å². The van der Waals surface area contributed by atoms with Crippen LogP contribution >= 0.6 is 0 Å². The van der Waals surface area contributed by atoms with Gasteiger partial charge in [0.15, 0.2) is 0 Å². The molecule has 0 aliphatic carbocycles. The summed E-state index contributed by atoms with van der Waals surface area (Å²) < 4.78 is 5.02. The van der Waals surface area contributed by atoms with Crippen LogP contribution in [0.25, 0.3) is 0 Å². The van der Waals surface area contributed by atoms with Crippen molar-refractivity contribution in [3.63, 3.8) is 0 Å². The Morgan fingerprint density at radius 1 is 1.60 bits per heavy atom. The summed E-state index contributed by atoms with van der Waals surface area (Å²) in [5, 5.41) is 17.9. The molecule has 1 rings (SSSR count). The Hall–Kier alpha value is -0.540. The average Bonchev–Trinajstić information content (AvgIpc) is 1.95. The SMILES string of the molecule is CC1C(O)C=COC1CO. The predicted molar refractivity (Wildman–Crippen MR) is 36.3 cm³/mol. The van der Waals surface area contributed by atoms with Gasteiger partial charge in [-0.15, -0.1) is 0 Å². The number of aliphatic hydroxyl groups is 2. The van der Waals surface area contributed by atoms with Crippen molar-refractivity contribution in [1.29, 1.82) is 0 Å². The topological polar surface area (TPSA) is 49.7 Å². The van der Waals surface area contributed by atoms with Crippen molar-refractivity contribution in [2.45, 2.75) is 19.1 Å². The van der Waals surface area contributed by atoms with Crippen molar-refractivity contribution in [3.05, 3.63) is 12.3 Å². The summed E-state index contributed by atoms with van der Waals surface area (Å²) in [4.78, 5) is 0. The first-order valence-electron chi connectivity index (χ1n) is 3.36. The van der Waals surface area contributed by atoms with E-state index >= 15 is 0 Å². The van der Waals surface area contributed by atoms with Crippen LogP contribution < -0.4 is 0 Å². The lowest BCUT2D eigenvalue weighted by molar-refractivity contribution is -0.0190. The van der Waals surface area contributed by atoms with Gasteiger partial charge >= 0.3 is 0 Å².